The van der Waals surface area contributed by atoms with Crippen molar-refractivity contribution in [2.24, 2.45) is 0 Å². The lowest BCUT2D eigenvalue weighted by Gasteiger charge is -2.27. The number of rotatable bonds is 6. The molecule has 22 heavy (non-hydrogen) atoms. The molecule has 4 nitrogen and oxygen atoms in total. The highest BCUT2D eigenvalue weighted by Crippen LogP contribution is 2.17. The van der Waals surface area contributed by atoms with Gasteiger partial charge < -0.3 is 10.0 Å². The third kappa shape index (κ3) is 3.85. The summed E-state index contributed by atoms with van der Waals surface area (Å²) < 4.78 is 0. The summed E-state index contributed by atoms with van der Waals surface area (Å²) >= 11 is 0. The first-order chi connectivity index (χ1) is 10.5. The summed E-state index contributed by atoms with van der Waals surface area (Å²) in [4.78, 5) is 24.9. The van der Waals surface area contributed by atoms with Gasteiger partial charge in [-0.05, 0) is 29.7 Å². The second kappa shape index (κ2) is 7.07. The number of carbonyl (C=O) groups excluding carboxylic acids is 1. The fourth-order valence-corrected chi connectivity index (χ4v) is 2.48. The molecule has 0 spiro atoms. The first-order valence-corrected chi connectivity index (χ1v) is 7.50. The van der Waals surface area contributed by atoms with Gasteiger partial charge in [-0.15, -0.1) is 0 Å². The first kappa shape index (κ1) is 16.0. The summed E-state index contributed by atoms with van der Waals surface area (Å²) in [5.74, 6) is -1.13. The Hall–Kier alpha value is -2.36. The maximum Gasteiger partial charge on any atom is 0.323 e. The highest BCUT2D eigenvalue weighted by molar-refractivity contribution is 5.86. The Bertz CT molecular complexity index is 681. The van der Waals surface area contributed by atoms with Gasteiger partial charge in [-0.1, -0.05) is 49.4 Å². The quantitative estimate of drug-likeness (QED) is 0.891. The van der Waals surface area contributed by atoms with E-state index in [9.17, 15) is 9.59 Å². The Kier molecular flexibility index (Phi) is 5.15. The van der Waals surface area contributed by atoms with Crippen LogP contribution in [0.4, 0.5) is 0 Å². The molecular weight excluding hydrogens is 278 g/mol. The van der Waals surface area contributed by atoms with Crippen molar-refractivity contribution in [2.75, 3.05) is 6.54 Å². The van der Waals surface area contributed by atoms with Crippen LogP contribution in [-0.2, 0) is 16.0 Å². The normalized spacial score (nSPS) is 12.1. The summed E-state index contributed by atoms with van der Waals surface area (Å²) in [6.07, 6.45) is 0.958. The third-order valence-corrected chi connectivity index (χ3v) is 3.92. The number of hydrogen-bond donors (Lipinski definition) is 1. The Labute approximate surface area is 130 Å². The van der Waals surface area contributed by atoms with E-state index in [2.05, 4.69) is 0 Å². The number of hydrogen-bond acceptors (Lipinski definition) is 2. The van der Waals surface area contributed by atoms with Gasteiger partial charge >= 0.3 is 5.97 Å². The zero-order valence-corrected chi connectivity index (χ0v) is 13.0. The number of aliphatic carboxylic acids is 1. The van der Waals surface area contributed by atoms with Crippen LogP contribution in [-0.4, -0.2) is 34.5 Å². The molecule has 0 aromatic heterocycles. The zero-order chi connectivity index (χ0) is 16.1. The van der Waals surface area contributed by atoms with Crippen LogP contribution in [0.5, 0.6) is 0 Å². The maximum absolute atomic E-state index is 12.4. The van der Waals surface area contributed by atoms with E-state index >= 15 is 0 Å². The van der Waals surface area contributed by atoms with Crippen LogP contribution in [0.25, 0.3) is 10.8 Å². The molecule has 0 radical (unpaired) electrons. The molecule has 0 fully saturated rings. The molecule has 0 saturated heterocycles. The standard InChI is InChI=1S/C18H21NO3/c1-3-13(2)19(12-18(21)22)17(20)11-14-8-9-15-6-4-5-7-16(15)10-14/h4-10,13H,3,11-12H2,1-2H3,(H,21,22). The van der Waals surface area contributed by atoms with Crippen molar-refractivity contribution in [3.63, 3.8) is 0 Å². The number of carboxylic acids is 1. The van der Waals surface area contributed by atoms with E-state index in [-0.39, 0.29) is 24.9 Å². The van der Waals surface area contributed by atoms with Crippen molar-refractivity contribution in [2.45, 2.75) is 32.7 Å². The van der Waals surface area contributed by atoms with E-state index in [1.54, 1.807) is 0 Å². The lowest BCUT2D eigenvalue weighted by Crippen LogP contribution is -2.42. The van der Waals surface area contributed by atoms with Gasteiger partial charge in [0.05, 0.1) is 6.42 Å². The van der Waals surface area contributed by atoms with E-state index in [0.717, 1.165) is 22.8 Å². The average Bonchev–Trinajstić information content (AvgIpc) is 2.51. The minimum Gasteiger partial charge on any atom is -0.480 e. The number of benzene rings is 2. The fraction of sp³-hybridized carbons (Fsp3) is 0.333. The van der Waals surface area contributed by atoms with Gasteiger partial charge in [-0.2, -0.15) is 0 Å². The van der Waals surface area contributed by atoms with E-state index in [0.29, 0.717) is 0 Å². The van der Waals surface area contributed by atoms with Crippen LogP contribution >= 0.6 is 0 Å². The molecule has 4 heteroatoms. The lowest BCUT2D eigenvalue weighted by molar-refractivity contribution is -0.145. The van der Waals surface area contributed by atoms with Crippen molar-refractivity contribution in [1.82, 2.24) is 4.90 Å². The number of carboxylic acid groups (broad SMARTS) is 1. The van der Waals surface area contributed by atoms with Crippen LogP contribution in [0.1, 0.15) is 25.8 Å². The molecule has 1 atom stereocenters. The SMILES string of the molecule is CCC(C)N(CC(=O)O)C(=O)Cc1ccc2ccccc2c1. The molecule has 0 aliphatic rings. The molecule has 116 valence electrons. The molecule has 0 aliphatic carbocycles. The molecule has 1 unspecified atom stereocenters. The minimum absolute atomic E-state index is 0.0796. The zero-order valence-electron chi connectivity index (χ0n) is 13.0. The largest absolute Gasteiger partial charge is 0.480 e. The topological polar surface area (TPSA) is 57.6 Å². The summed E-state index contributed by atoms with van der Waals surface area (Å²) in [5.41, 5.74) is 0.905. The molecule has 0 bridgehead atoms. The minimum atomic E-state index is -0.979. The molecule has 0 saturated carbocycles. The summed E-state index contributed by atoms with van der Waals surface area (Å²) in [5, 5.41) is 11.2. The van der Waals surface area contributed by atoms with E-state index in [1.807, 2.05) is 56.3 Å². The van der Waals surface area contributed by atoms with Crippen molar-refractivity contribution in [1.29, 1.82) is 0 Å². The highest BCUT2D eigenvalue weighted by Gasteiger charge is 2.21. The number of nitrogens with zero attached hydrogens (tertiary/aromatic N) is 1. The molecule has 0 heterocycles. The van der Waals surface area contributed by atoms with Gasteiger partial charge in [-0.25, -0.2) is 0 Å². The van der Waals surface area contributed by atoms with Crippen LogP contribution in [0.15, 0.2) is 42.5 Å². The van der Waals surface area contributed by atoms with E-state index < -0.39 is 5.97 Å². The Morgan fingerprint density at radius 2 is 1.82 bits per heavy atom. The maximum atomic E-state index is 12.4. The fourth-order valence-electron chi connectivity index (χ4n) is 2.48. The first-order valence-electron chi connectivity index (χ1n) is 7.50. The second-order valence-electron chi connectivity index (χ2n) is 5.53. The van der Waals surface area contributed by atoms with Crippen molar-refractivity contribution in [3.05, 3.63) is 48.0 Å². The van der Waals surface area contributed by atoms with Crippen LogP contribution < -0.4 is 0 Å². The highest BCUT2D eigenvalue weighted by atomic mass is 16.4. The number of fused-ring (bicyclic) bond motifs is 1. The van der Waals surface area contributed by atoms with E-state index in [1.165, 1.54) is 4.90 Å². The van der Waals surface area contributed by atoms with Crippen molar-refractivity contribution >= 4 is 22.6 Å². The summed E-state index contributed by atoms with van der Waals surface area (Å²) in [6, 6.07) is 13.8. The second-order valence-corrected chi connectivity index (χ2v) is 5.53. The Morgan fingerprint density at radius 1 is 1.14 bits per heavy atom. The summed E-state index contributed by atoms with van der Waals surface area (Å²) in [6.45, 7) is 3.57. The van der Waals surface area contributed by atoms with Gasteiger partial charge in [0, 0.05) is 6.04 Å². The molecule has 2 rings (SSSR count). The van der Waals surface area contributed by atoms with Crippen LogP contribution in [0.2, 0.25) is 0 Å². The van der Waals surface area contributed by atoms with Gasteiger partial charge in [-0.3, -0.25) is 9.59 Å². The predicted molar refractivity (Wildman–Crippen MR) is 86.8 cm³/mol. The van der Waals surface area contributed by atoms with Gasteiger partial charge in [0.2, 0.25) is 5.91 Å². The molecule has 0 aliphatic heterocycles. The average molecular weight is 299 g/mol. The number of amides is 1. The predicted octanol–water partition coefficient (Wildman–Crippen LogP) is 3.09. The molecule has 2 aromatic carbocycles. The summed E-state index contributed by atoms with van der Waals surface area (Å²) in [7, 11) is 0. The van der Waals surface area contributed by atoms with Crippen LogP contribution in [0.3, 0.4) is 0 Å². The molecule has 1 amide bonds. The third-order valence-electron chi connectivity index (χ3n) is 3.92. The van der Waals surface area contributed by atoms with Gasteiger partial charge in [0.25, 0.3) is 0 Å². The van der Waals surface area contributed by atoms with Gasteiger partial charge in [0.1, 0.15) is 6.54 Å². The Morgan fingerprint density at radius 3 is 2.45 bits per heavy atom. The van der Waals surface area contributed by atoms with Crippen molar-refractivity contribution < 1.29 is 14.7 Å². The van der Waals surface area contributed by atoms with Crippen molar-refractivity contribution in [3.8, 4) is 0 Å². The molecular formula is C18H21NO3. The molecule has 2 aromatic rings. The van der Waals surface area contributed by atoms with E-state index in [4.69, 9.17) is 5.11 Å². The van der Waals surface area contributed by atoms with Gasteiger partial charge in [0.15, 0.2) is 0 Å². The monoisotopic (exact) mass is 299 g/mol. The number of carbonyl (C=O) groups is 2. The van der Waals surface area contributed by atoms with Crippen LogP contribution in [0, 0.1) is 0 Å². The lowest BCUT2D eigenvalue weighted by atomic mass is 10.0. The smallest absolute Gasteiger partial charge is 0.323 e. The molecule has 1 N–H and O–H groups in total. The Balaban J connectivity index is 2.18.